The summed E-state index contributed by atoms with van der Waals surface area (Å²) in [6.07, 6.45) is 4.85. The fourth-order valence-corrected chi connectivity index (χ4v) is 3.59. The SMILES string of the molecule is CCCc1[nH]c(-c2cc([N+](=O)[O-])ccc2Cl)c2c1C(=O)CCCC2. The van der Waals surface area contributed by atoms with E-state index in [2.05, 4.69) is 11.9 Å². The zero-order valence-electron chi connectivity index (χ0n) is 13.5. The summed E-state index contributed by atoms with van der Waals surface area (Å²) in [5.41, 5.74) is 4.03. The van der Waals surface area contributed by atoms with Crippen molar-refractivity contribution in [3.05, 3.63) is 50.2 Å². The molecule has 24 heavy (non-hydrogen) atoms. The lowest BCUT2D eigenvalue weighted by Crippen LogP contribution is -2.02. The largest absolute Gasteiger partial charge is 0.358 e. The first-order valence-corrected chi connectivity index (χ1v) is 8.62. The Hall–Kier alpha value is -2.14. The Morgan fingerprint density at radius 1 is 1.29 bits per heavy atom. The Balaban J connectivity index is 2.22. The van der Waals surface area contributed by atoms with Gasteiger partial charge in [0.05, 0.1) is 15.6 Å². The van der Waals surface area contributed by atoms with Crippen LogP contribution in [0, 0.1) is 10.1 Å². The van der Waals surface area contributed by atoms with E-state index in [1.165, 1.54) is 12.1 Å². The van der Waals surface area contributed by atoms with Gasteiger partial charge in [0.1, 0.15) is 0 Å². The number of ketones is 1. The molecule has 1 N–H and O–H groups in total. The van der Waals surface area contributed by atoms with E-state index < -0.39 is 4.92 Å². The van der Waals surface area contributed by atoms with Gasteiger partial charge in [0.15, 0.2) is 5.78 Å². The van der Waals surface area contributed by atoms with Crippen LogP contribution >= 0.6 is 11.6 Å². The lowest BCUT2D eigenvalue weighted by molar-refractivity contribution is -0.384. The van der Waals surface area contributed by atoms with E-state index in [0.29, 0.717) is 17.0 Å². The van der Waals surface area contributed by atoms with Gasteiger partial charge in [0, 0.05) is 35.4 Å². The van der Waals surface area contributed by atoms with Crippen LogP contribution in [0.15, 0.2) is 18.2 Å². The number of aromatic nitrogens is 1. The van der Waals surface area contributed by atoms with Gasteiger partial charge in [-0.25, -0.2) is 0 Å². The predicted octanol–water partition coefficient (Wildman–Crippen LogP) is 5.10. The van der Waals surface area contributed by atoms with Gasteiger partial charge in [0.2, 0.25) is 0 Å². The molecular formula is C18H19ClN2O3. The molecule has 1 aromatic carbocycles. The molecule has 3 rings (SSSR count). The number of rotatable bonds is 4. The lowest BCUT2D eigenvalue weighted by Gasteiger charge is -2.06. The molecule has 2 aromatic rings. The van der Waals surface area contributed by atoms with Crippen LogP contribution in [0.2, 0.25) is 5.02 Å². The molecule has 1 aliphatic carbocycles. The van der Waals surface area contributed by atoms with Crippen LogP contribution in [0.4, 0.5) is 5.69 Å². The molecule has 0 amide bonds. The van der Waals surface area contributed by atoms with Crippen molar-refractivity contribution in [2.45, 2.75) is 45.4 Å². The Bertz CT molecular complexity index is 811. The van der Waals surface area contributed by atoms with Gasteiger partial charge in [-0.2, -0.15) is 0 Å². The maximum Gasteiger partial charge on any atom is 0.270 e. The van der Waals surface area contributed by atoms with E-state index >= 15 is 0 Å². The molecular weight excluding hydrogens is 328 g/mol. The van der Waals surface area contributed by atoms with Gasteiger partial charge in [0.25, 0.3) is 5.69 Å². The second-order valence-corrected chi connectivity index (χ2v) is 6.54. The summed E-state index contributed by atoms with van der Waals surface area (Å²) in [5.74, 6) is 0.162. The maximum atomic E-state index is 12.5. The molecule has 1 aromatic heterocycles. The Labute approximate surface area is 145 Å². The van der Waals surface area contributed by atoms with Gasteiger partial charge in [-0.3, -0.25) is 14.9 Å². The van der Waals surface area contributed by atoms with Crippen LogP contribution in [-0.2, 0) is 12.8 Å². The first kappa shape index (κ1) is 16.7. The van der Waals surface area contributed by atoms with E-state index in [1.54, 1.807) is 6.07 Å². The number of nitro benzene ring substituents is 1. The number of H-pyrrole nitrogens is 1. The number of nitrogens with one attached hydrogen (secondary N) is 1. The minimum atomic E-state index is -0.431. The molecule has 6 heteroatoms. The summed E-state index contributed by atoms with van der Waals surface area (Å²) in [7, 11) is 0. The number of carbonyl (C=O) groups excluding carboxylic acids is 1. The van der Waals surface area contributed by atoms with Gasteiger partial charge in [-0.15, -0.1) is 0 Å². The fourth-order valence-electron chi connectivity index (χ4n) is 3.38. The topological polar surface area (TPSA) is 76.0 Å². The van der Waals surface area contributed by atoms with Crippen LogP contribution in [0.5, 0.6) is 0 Å². The summed E-state index contributed by atoms with van der Waals surface area (Å²) >= 11 is 6.31. The number of aryl methyl sites for hydroxylation is 1. The number of hydrogen-bond donors (Lipinski definition) is 1. The Kier molecular flexibility index (Phi) is 4.71. The van der Waals surface area contributed by atoms with Crippen molar-refractivity contribution in [2.24, 2.45) is 0 Å². The lowest BCUT2D eigenvalue weighted by atomic mass is 9.98. The van der Waals surface area contributed by atoms with Crippen molar-refractivity contribution in [2.75, 3.05) is 0 Å². The highest BCUT2D eigenvalue weighted by Crippen LogP contribution is 2.38. The van der Waals surface area contributed by atoms with Crippen LogP contribution in [0.25, 0.3) is 11.3 Å². The second kappa shape index (κ2) is 6.77. The van der Waals surface area contributed by atoms with Crippen LogP contribution in [0.3, 0.4) is 0 Å². The van der Waals surface area contributed by atoms with Crippen molar-refractivity contribution < 1.29 is 9.72 Å². The third-order valence-electron chi connectivity index (χ3n) is 4.47. The summed E-state index contributed by atoms with van der Waals surface area (Å²) in [5, 5.41) is 11.5. The maximum absolute atomic E-state index is 12.5. The summed E-state index contributed by atoms with van der Waals surface area (Å²) in [6, 6.07) is 4.42. The molecule has 0 spiro atoms. The number of nitrogens with zero attached hydrogens (tertiary/aromatic N) is 1. The number of Topliss-reactive ketones (excluding diaryl/α,β-unsaturated/α-hetero) is 1. The van der Waals surface area contributed by atoms with E-state index in [1.807, 2.05) is 0 Å². The first-order valence-electron chi connectivity index (χ1n) is 8.24. The van der Waals surface area contributed by atoms with Crippen molar-refractivity contribution in [3.63, 3.8) is 0 Å². The van der Waals surface area contributed by atoms with Gasteiger partial charge in [-0.05, 0) is 37.3 Å². The van der Waals surface area contributed by atoms with Crippen LogP contribution in [-0.4, -0.2) is 15.7 Å². The number of benzene rings is 1. The van der Waals surface area contributed by atoms with Crippen molar-refractivity contribution in [1.29, 1.82) is 0 Å². The number of carbonyl (C=O) groups is 1. The molecule has 0 saturated heterocycles. The fraction of sp³-hybridized carbons (Fsp3) is 0.389. The molecule has 0 unspecified atom stereocenters. The number of nitro groups is 1. The summed E-state index contributed by atoms with van der Waals surface area (Å²) < 4.78 is 0. The van der Waals surface area contributed by atoms with E-state index in [0.717, 1.165) is 54.6 Å². The zero-order chi connectivity index (χ0) is 17.3. The number of halogens is 1. The smallest absolute Gasteiger partial charge is 0.270 e. The molecule has 0 radical (unpaired) electrons. The molecule has 0 aliphatic heterocycles. The third kappa shape index (κ3) is 2.96. The van der Waals surface area contributed by atoms with Crippen molar-refractivity contribution in [1.82, 2.24) is 4.98 Å². The van der Waals surface area contributed by atoms with Crippen molar-refractivity contribution in [3.8, 4) is 11.3 Å². The first-order chi connectivity index (χ1) is 11.5. The van der Waals surface area contributed by atoms with Gasteiger partial charge >= 0.3 is 0 Å². The molecule has 0 bridgehead atoms. The minimum Gasteiger partial charge on any atom is -0.358 e. The number of hydrogen-bond acceptors (Lipinski definition) is 3. The highest BCUT2D eigenvalue weighted by molar-refractivity contribution is 6.33. The molecule has 1 aliphatic rings. The Morgan fingerprint density at radius 3 is 2.75 bits per heavy atom. The zero-order valence-corrected chi connectivity index (χ0v) is 14.3. The highest BCUT2D eigenvalue weighted by atomic mass is 35.5. The molecule has 126 valence electrons. The third-order valence-corrected chi connectivity index (χ3v) is 4.80. The summed E-state index contributed by atoms with van der Waals surface area (Å²) in [4.78, 5) is 26.6. The van der Waals surface area contributed by atoms with Gasteiger partial charge in [-0.1, -0.05) is 24.9 Å². The number of aromatic amines is 1. The highest BCUT2D eigenvalue weighted by Gasteiger charge is 2.26. The molecule has 0 saturated carbocycles. The normalized spacial score (nSPS) is 14.3. The standard InChI is InChI=1S/C18H19ClN2O3/c1-2-5-15-17-12(6-3-4-7-16(17)22)18(20-15)13-10-11(21(23)24)8-9-14(13)19/h8-10,20H,2-7H2,1H3. The molecule has 0 atom stereocenters. The van der Waals surface area contributed by atoms with Gasteiger partial charge < -0.3 is 4.98 Å². The summed E-state index contributed by atoms with van der Waals surface area (Å²) in [6.45, 7) is 2.06. The monoisotopic (exact) mass is 346 g/mol. The minimum absolute atomic E-state index is 0.00487. The molecule has 0 fully saturated rings. The van der Waals surface area contributed by atoms with Crippen LogP contribution in [0.1, 0.15) is 54.2 Å². The predicted molar refractivity (Wildman–Crippen MR) is 93.8 cm³/mol. The molecule has 5 nitrogen and oxygen atoms in total. The van der Waals surface area contributed by atoms with Crippen molar-refractivity contribution >= 4 is 23.1 Å². The molecule has 1 heterocycles. The van der Waals surface area contributed by atoms with Crippen LogP contribution < -0.4 is 0 Å². The quantitative estimate of drug-likeness (QED) is 0.475. The van der Waals surface area contributed by atoms with E-state index in [-0.39, 0.29) is 11.5 Å². The average molecular weight is 347 g/mol. The van der Waals surface area contributed by atoms with E-state index in [9.17, 15) is 14.9 Å². The second-order valence-electron chi connectivity index (χ2n) is 6.13. The average Bonchev–Trinajstić information content (AvgIpc) is 2.78. The van der Waals surface area contributed by atoms with E-state index in [4.69, 9.17) is 11.6 Å². The Morgan fingerprint density at radius 2 is 2.04 bits per heavy atom. The number of non-ortho nitro benzene ring substituents is 1. The number of fused-ring (bicyclic) bond motifs is 1.